The summed E-state index contributed by atoms with van der Waals surface area (Å²) in [4.78, 5) is 26.4. The van der Waals surface area contributed by atoms with Crippen molar-refractivity contribution < 1.29 is 9.59 Å². The number of hydrogen-bond acceptors (Lipinski definition) is 3. The second-order valence-electron chi connectivity index (χ2n) is 4.07. The molecule has 0 aromatic carbocycles. The van der Waals surface area contributed by atoms with Gasteiger partial charge in [-0.3, -0.25) is 9.59 Å². The van der Waals surface area contributed by atoms with E-state index in [2.05, 4.69) is 6.07 Å². The molecule has 0 aliphatic carbocycles. The minimum absolute atomic E-state index is 0.227. The molecule has 0 radical (unpaired) electrons. The summed E-state index contributed by atoms with van der Waals surface area (Å²) in [6.45, 7) is 5.82. The minimum Gasteiger partial charge on any atom is -0.333 e. The molecule has 0 bridgehead atoms. The number of piperazine rings is 1. The highest BCUT2D eigenvalue weighted by molar-refractivity contribution is 6.35. The summed E-state index contributed by atoms with van der Waals surface area (Å²) < 4.78 is 0. The lowest BCUT2D eigenvalue weighted by molar-refractivity contribution is -0.156. The summed E-state index contributed by atoms with van der Waals surface area (Å²) in [5.74, 6) is -1.13. The van der Waals surface area contributed by atoms with Crippen LogP contribution in [0.1, 0.15) is 20.3 Å². The molecule has 2 amide bonds. The van der Waals surface area contributed by atoms with Gasteiger partial charge in [0.1, 0.15) is 0 Å². The number of nitriles is 1. The van der Waals surface area contributed by atoms with Crippen molar-refractivity contribution in [2.75, 3.05) is 26.2 Å². The zero-order valence-corrected chi connectivity index (χ0v) is 9.77. The van der Waals surface area contributed by atoms with Crippen LogP contribution in [0.25, 0.3) is 0 Å². The van der Waals surface area contributed by atoms with Crippen LogP contribution in [-0.2, 0) is 9.59 Å². The zero-order valence-electron chi connectivity index (χ0n) is 9.77. The van der Waals surface area contributed by atoms with Crippen LogP contribution in [-0.4, -0.2) is 47.8 Å². The molecule has 1 atom stereocenters. The lowest BCUT2D eigenvalue weighted by Crippen LogP contribution is -2.55. The molecule has 1 saturated heterocycles. The smallest absolute Gasteiger partial charge is 0.312 e. The largest absolute Gasteiger partial charge is 0.333 e. The van der Waals surface area contributed by atoms with Gasteiger partial charge in [-0.2, -0.15) is 5.26 Å². The molecule has 0 N–H and O–H groups in total. The number of carbonyl (C=O) groups excluding carboxylic acids is 2. The van der Waals surface area contributed by atoms with E-state index in [1.807, 2.05) is 6.92 Å². The van der Waals surface area contributed by atoms with Gasteiger partial charge in [0.15, 0.2) is 0 Å². The van der Waals surface area contributed by atoms with Gasteiger partial charge < -0.3 is 9.80 Å². The van der Waals surface area contributed by atoms with Crippen LogP contribution >= 0.6 is 0 Å². The molecular weight excluding hydrogens is 206 g/mol. The van der Waals surface area contributed by atoms with Gasteiger partial charge in [0.2, 0.25) is 0 Å². The van der Waals surface area contributed by atoms with Crippen molar-refractivity contribution in [3.63, 3.8) is 0 Å². The molecule has 16 heavy (non-hydrogen) atoms. The molecule has 1 rings (SSSR count). The summed E-state index contributed by atoms with van der Waals surface area (Å²) in [7, 11) is 0. The predicted octanol–water partition coefficient (Wildman–Crippen LogP) is 0.227. The highest BCUT2D eigenvalue weighted by Crippen LogP contribution is 2.08. The summed E-state index contributed by atoms with van der Waals surface area (Å²) >= 11 is 0. The van der Waals surface area contributed by atoms with Crippen molar-refractivity contribution in [1.29, 1.82) is 5.26 Å². The lowest BCUT2D eigenvalue weighted by Gasteiger charge is -2.34. The van der Waals surface area contributed by atoms with Gasteiger partial charge in [0.25, 0.3) is 0 Å². The number of amides is 2. The van der Waals surface area contributed by atoms with Gasteiger partial charge in [-0.1, -0.05) is 6.92 Å². The predicted molar refractivity (Wildman–Crippen MR) is 58.2 cm³/mol. The van der Waals surface area contributed by atoms with E-state index in [9.17, 15) is 9.59 Å². The number of carbonyl (C=O) groups is 2. The Labute approximate surface area is 95.6 Å². The topological polar surface area (TPSA) is 64.4 Å². The van der Waals surface area contributed by atoms with Crippen LogP contribution in [0.15, 0.2) is 0 Å². The van der Waals surface area contributed by atoms with Gasteiger partial charge in [0.05, 0.1) is 12.0 Å². The molecule has 0 spiro atoms. The standard InChI is InChI=1S/C11H17N3O2/c1-3-4-13-5-6-14(8-9(2)7-12)11(16)10(13)15/h9H,3-6,8H2,1-2H3. The first-order valence-electron chi connectivity index (χ1n) is 5.58. The Morgan fingerprint density at radius 3 is 2.44 bits per heavy atom. The SMILES string of the molecule is CCCN1CCN(CC(C)C#N)C(=O)C1=O. The van der Waals surface area contributed by atoms with Gasteiger partial charge in [-0.25, -0.2) is 0 Å². The zero-order chi connectivity index (χ0) is 12.1. The second-order valence-corrected chi connectivity index (χ2v) is 4.07. The van der Waals surface area contributed by atoms with E-state index in [-0.39, 0.29) is 5.92 Å². The maximum absolute atomic E-state index is 11.7. The van der Waals surface area contributed by atoms with Gasteiger partial charge in [-0.15, -0.1) is 0 Å². The van der Waals surface area contributed by atoms with E-state index in [0.717, 1.165) is 6.42 Å². The van der Waals surface area contributed by atoms with Crippen LogP contribution < -0.4 is 0 Å². The Hall–Kier alpha value is -1.57. The lowest BCUT2D eigenvalue weighted by atomic mass is 10.1. The van der Waals surface area contributed by atoms with Crippen molar-refractivity contribution in [3.05, 3.63) is 0 Å². The highest BCUT2D eigenvalue weighted by Gasteiger charge is 2.32. The molecule has 0 aromatic rings. The molecule has 0 aromatic heterocycles. The Morgan fingerprint density at radius 1 is 1.31 bits per heavy atom. The third kappa shape index (κ3) is 2.72. The normalized spacial score (nSPS) is 18.6. The van der Waals surface area contributed by atoms with E-state index in [0.29, 0.717) is 26.2 Å². The van der Waals surface area contributed by atoms with Crippen molar-refractivity contribution in [2.45, 2.75) is 20.3 Å². The summed E-state index contributed by atoms with van der Waals surface area (Å²) in [6, 6.07) is 2.07. The number of hydrogen-bond donors (Lipinski definition) is 0. The number of rotatable bonds is 4. The molecule has 1 fully saturated rings. The number of nitrogens with zero attached hydrogens (tertiary/aromatic N) is 3. The van der Waals surface area contributed by atoms with Crippen molar-refractivity contribution in [1.82, 2.24) is 9.80 Å². The summed E-state index contributed by atoms with van der Waals surface area (Å²) in [5.41, 5.74) is 0. The van der Waals surface area contributed by atoms with Crippen LogP contribution in [0.3, 0.4) is 0 Å². The second kappa shape index (κ2) is 5.50. The van der Waals surface area contributed by atoms with Crippen LogP contribution in [0.4, 0.5) is 0 Å². The average molecular weight is 223 g/mol. The first-order chi connectivity index (χ1) is 7.60. The molecule has 5 nitrogen and oxygen atoms in total. The van der Waals surface area contributed by atoms with E-state index >= 15 is 0 Å². The first-order valence-corrected chi connectivity index (χ1v) is 5.58. The molecule has 1 aliphatic heterocycles. The van der Waals surface area contributed by atoms with Gasteiger partial charge >= 0.3 is 11.8 Å². The Bertz CT molecular complexity index is 322. The molecule has 1 unspecified atom stereocenters. The monoisotopic (exact) mass is 223 g/mol. The molecule has 1 aliphatic rings. The van der Waals surface area contributed by atoms with E-state index in [1.54, 1.807) is 11.8 Å². The third-order valence-electron chi connectivity index (χ3n) is 2.61. The summed E-state index contributed by atoms with van der Waals surface area (Å²) in [5, 5.41) is 8.67. The fraction of sp³-hybridized carbons (Fsp3) is 0.727. The van der Waals surface area contributed by atoms with E-state index < -0.39 is 11.8 Å². The van der Waals surface area contributed by atoms with E-state index in [1.165, 1.54) is 4.90 Å². The van der Waals surface area contributed by atoms with Crippen LogP contribution in [0.2, 0.25) is 0 Å². The maximum Gasteiger partial charge on any atom is 0.312 e. The van der Waals surface area contributed by atoms with Crippen molar-refractivity contribution in [3.8, 4) is 6.07 Å². The van der Waals surface area contributed by atoms with Crippen LogP contribution in [0.5, 0.6) is 0 Å². The van der Waals surface area contributed by atoms with Crippen molar-refractivity contribution >= 4 is 11.8 Å². The molecule has 88 valence electrons. The minimum atomic E-state index is -0.471. The highest BCUT2D eigenvalue weighted by atomic mass is 16.2. The molecular formula is C11H17N3O2. The van der Waals surface area contributed by atoms with Gasteiger partial charge in [0, 0.05) is 26.2 Å². The Kier molecular flexibility index (Phi) is 4.29. The molecule has 5 heteroatoms. The Balaban J connectivity index is 2.59. The Morgan fingerprint density at radius 2 is 1.88 bits per heavy atom. The van der Waals surface area contributed by atoms with E-state index in [4.69, 9.17) is 5.26 Å². The molecule has 1 heterocycles. The maximum atomic E-state index is 11.7. The van der Waals surface area contributed by atoms with Gasteiger partial charge in [-0.05, 0) is 13.3 Å². The fourth-order valence-electron chi connectivity index (χ4n) is 1.74. The quantitative estimate of drug-likeness (QED) is 0.641. The first kappa shape index (κ1) is 12.5. The third-order valence-corrected chi connectivity index (χ3v) is 2.61. The van der Waals surface area contributed by atoms with Crippen LogP contribution in [0, 0.1) is 17.2 Å². The average Bonchev–Trinajstić information content (AvgIpc) is 2.28. The fourth-order valence-corrected chi connectivity index (χ4v) is 1.74. The molecule has 0 saturated carbocycles. The summed E-state index contributed by atoms with van der Waals surface area (Å²) in [6.07, 6.45) is 0.855. The van der Waals surface area contributed by atoms with Crippen molar-refractivity contribution in [2.24, 2.45) is 5.92 Å².